The third kappa shape index (κ3) is 4.26. The molecule has 0 unspecified atom stereocenters. The van der Waals surface area contributed by atoms with Crippen molar-refractivity contribution < 1.29 is 4.74 Å². The van der Waals surface area contributed by atoms with E-state index >= 15 is 0 Å². The number of benzene rings is 1. The summed E-state index contributed by atoms with van der Waals surface area (Å²) in [5.41, 5.74) is 7.78. The quantitative estimate of drug-likeness (QED) is 0.758. The minimum atomic E-state index is 0.0879. The van der Waals surface area contributed by atoms with E-state index in [1.54, 1.807) is 0 Å². The van der Waals surface area contributed by atoms with Gasteiger partial charge in [-0.1, -0.05) is 41.9 Å². The fourth-order valence-corrected chi connectivity index (χ4v) is 3.39. The fraction of sp³-hybridized carbons (Fsp3) is 0.474. The van der Waals surface area contributed by atoms with Crippen molar-refractivity contribution >= 4 is 23.1 Å². The van der Waals surface area contributed by atoms with Crippen LogP contribution in [0.4, 0.5) is 11.5 Å². The molecule has 138 valence electrons. The Bertz CT molecular complexity index is 753. The van der Waals surface area contributed by atoms with Gasteiger partial charge in [0.05, 0.1) is 12.7 Å². The minimum absolute atomic E-state index is 0.0879. The number of halogens is 1. The molecule has 1 atom stereocenters. The Morgan fingerprint density at radius 1 is 1.23 bits per heavy atom. The lowest BCUT2D eigenvalue weighted by atomic mass is 10.2. The van der Waals surface area contributed by atoms with Crippen LogP contribution in [0.2, 0.25) is 5.15 Å². The minimum Gasteiger partial charge on any atom is -0.393 e. The lowest BCUT2D eigenvalue weighted by Crippen LogP contribution is -2.44. The van der Waals surface area contributed by atoms with Crippen LogP contribution in [0.15, 0.2) is 30.3 Å². The predicted octanol–water partition coefficient (Wildman–Crippen LogP) is 2.90. The predicted molar refractivity (Wildman–Crippen MR) is 103 cm³/mol. The van der Waals surface area contributed by atoms with E-state index in [-0.39, 0.29) is 6.10 Å². The molecule has 6 nitrogen and oxygen atoms in total. The van der Waals surface area contributed by atoms with Crippen molar-refractivity contribution in [2.45, 2.75) is 31.4 Å². The molecule has 1 aromatic carbocycles. The topological polar surface area (TPSA) is 76.3 Å². The van der Waals surface area contributed by atoms with Gasteiger partial charge < -0.3 is 15.8 Å². The maximum Gasteiger partial charge on any atom is 0.157 e. The highest BCUT2D eigenvalue weighted by Crippen LogP contribution is 2.40. The Morgan fingerprint density at radius 2 is 2.04 bits per heavy atom. The van der Waals surface area contributed by atoms with E-state index in [0.29, 0.717) is 29.1 Å². The first kappa shape index (κ1) is 17.5. The van der Waals surface area contributed by atoms with Crippen molar-refractivity contribution in [3.63, 3.8) is 0 Å². The molecule has 0 spiro atoms. The first-order valence-corrected chi connectivity index (χ1v) is 9.51. The molecule has 2 heterocycles. The lowest BCUT2D eigenvalue weighted by Gasteiger charge is -2.33. The summed E-state index contributed by atoms with van der Waals surface area (Å²) in [6.45, 7) is 4.13. The van der Waals surface area contributed by atoms with Gasteiger partial charge in [0, 0.05) is 32.1 Å². The molecule has 3 N–H and O–H groups in total. The van der Waals surface area contributed by atoms with Gasteiger partial charge in [-0.05, 0) is 18.4 Å². The summed E-state index contributed by atoms with van der Waals surface area (Å²) in [7, 11) is 0. The molecule has 2 aliphatic rings. The normalized spacial score (nSPS) is 20.9. The first-order chi connectivity index (χ1) is 12.7. The maximum absolute atomic E-state index is 6.17. The summed E-state index contributed by atoms with van der Waals surface area (Å²) in [5.74, 6) is 1.85. The van der Waals surface area contributed by atoms with Crippen LogP contribution in [-0.4, -0.2) is 47.2 Å². The number of nitrogen functional groups attached to an aromatic ring is 1. The highest BCUT2D eigenvalue weighted by molar-refractivity contribution is 6.32. The molecule has 1 saturated heterocycles. The standard InChI is InChI=1S/C19H24ClN5O/c20-17-16(21)19(24-18(23-17)14-6-7-14)22-10-15-12-25(8-9-26-15)11-13-4-2-1-3-5-13/h1-5,14-15H,6-12,21H2,(H,22,23,24)/t15-/m0/s1. The lowest BCUT2D eigenvalue weighted by molar-refractivity contribution is -0.0240. The summed E-state index contributed by atoms with van der Waals surface area (Å²) < 4.78 is 5.91. The molecule has 2 aromatic rings. The number of hydrogen-bond donors (Lipinski definition) is 2. The van der Waals surface area contributed by atoms with Crippen molar-refractivity contribution in [2.75, 3.05) is 37.3 Å². The van der Waals surface area contributed by atoms with Crippen LogP contribution in [-0.2, 0) is 11.3 Å². The Balaban J connectivity index is 1.35. The van der Waals surface area contributed by atoms with Crippen molar-refractivity contribution in [3.05, 3.63) is 46.9 Å². The van der Waals surface area contributed by atoms with Crippen LogP contribution in [0.5, 0.6) is 0 Å². The molecule has 0 radical (unpaired) electrons. The number of nitrogens with one attached hydrogen (secondary N) is 1. The van der Waals surface area contributed by atoms with E-state index in [0.717, 1.165) is 44.9 Å². The molecule has 1 aromatic heterocycles. The zero-order valence-corrected chi connectivity index (χ0v) is 15.5. The Kier molecular flexibility index (Phi) is 5.24. The maximum atomic E-state index is 6.17. The second kappa shape index (κ2) is 7.78. The average molecular weight is 374 g/mol. The van der Waals surface area contributed by atoms with Gasteiger partial charge >= 0.3 is 0 Å². The van der Waals surface area contributed by atoms with Crippen molar-refractivity contribution in [2.24, 2.45) is 0 Å². The summed E-state index contributed by atoms with van der Waals surface area (Å²) >= 11 is 6.17. The summed E-state index contributed by atoms with van der Waals surface area (Å²) in [6, 6.07) is 10.5. The number of rotatable bonds is 6. The van der Waals surface area contributed by atoms with Crippen LogP contribution < -0.4 is 11.1 Å². The zero-order chi connectivity index (χ0) is 17.9. The van der Waals surface area contributed by atoms with E-state index < -0.39 is 0 Å². The smallest absolute Gasteiger partial charge is 0.157 e. The van der Waals surface area contributed by atoms with E-state index in [2.05, 4.69) is 44.5 Å². The number of aromatic nitrogens is 2. The van der Waals surface area contributed by atoms with Crippen LogP contribution in [0, 0.1) is 0 Å². The molecular weight excluding hydrogens is 350 g/mol. The highest BCUT2D eigenvalue weighted by atomic mass is 35.5. The Hall–Kier alpha value is -1.89. The fourth-order valence-electron chi connectivity index (χ4n) is 3.22. The molecule has 0 bridgehead atoms. The third-order valence-electron chi connectivity index (χ3n) is 4.83. The molecule has 1 saturated carbocycles. The van der Waals surface area contributed by atoms with E-state index in [1.807, 2.05) is 6.07 Å². The van der Waals surface area contributed by atoms with Crippen LogP contribution in [0.25, 0.3) is 0 Å². The van der Waals surface area contributed by atoms with Gasteiger partial charge in [-0.3, -0.25) is 4.90 Å². The van der Waals surface area contributed by atoms with Gasteiger partial charge in [-0.2, -0.15) is 0 Å². The number of nitrogens with two attached hydrogens (primary N) is 1. The van der Waals surface area contributed by atoms with Crippen LogP contribution in [0.3, 0.4) is 0 Å². The van der Waals surface area contributed by atoms with Crippen molar-refractivity contribution in [1.82, 2.24) is 14.9 Å². The monoisotopic (exact) mass is 373 g/mol. The Labute approximate surface area is 158 Å². The summed E-state index contributed by atoms with van der Waals surface area (Å²) in [5, 5.41) is 3.65. The molecular formula is C19H24ClN5O. The summed E-state index contributed by atoms with van der Waals surface area (Å²) in [4.78, 5) is 11.3. The van der Waals surface area contributed by atoms with E-state index in [4.69, 9.17) is 22.1 Å². The summed E-state index contributed by atoms with van der Waals surface area (Å²) in [6.07, 6.45) is 2.34. The number of ether oxygens (including phenoxy) is 1. The molecule has 2 fully saturated rings. The van der Waals surface area contributed by atoms with Crippen molar-refractivity contribution in [1.29, 1.82) is 0 Å². The van der Waals surface area contributed by atoms with Gasteiger partial charge in [-0.25, -0.2) is 9.97 Å². The van der Waals surface area contributed by atoms with E-state index in [1.165, 1.54) is 5.56 Å². The molecule has 1 aliphatic carbocycles. The molecule has 4 rings (SSSR count). The van der Waals surface area contributed by atoms with Crippen molar-refractivity contribution in [3.8, 4) is 0 Å². The van der Waals surface area contributed by atoms with Gasteiger partial charge in [0.1, 0.15) is 11.5 Å². The molecule has 0 amide bonds. The number of anilines is 2. The van der Waals surface area contributed by atoms with Gasteiger partial charge in [0.15, 0.2) is 11.0 Å². The second-order valence-electron chi connectivity index (χ2n) is 7.00. The molecule has 26 heavy (non-hydrogen) atoms. The third-order valence-corrected chi connectivity index (χ3v) is 5.12. The number of hydrogen-bond acceptors (Lipinski definition) is 6. The highest BCUT2D eigenvalue weighted by Gasteiger charge is 2.28. The SMILES string of the molecule is Nc1c(Cl)nc(C2CC2)nc1NC[C@H]1CN(Cc2ccccc2)CCO1. The molecule has 7 heteroatoms. The first-order valence-electron chi connectivity index (χ1n) is 9.13. The van der Waals surface area contributed by atoms with Crippen LogP contribution >= 0.6 is 11.6 Å². The largest absolute Gasteiger partial charge is 0.393 e. The zero-order valence-electron chi connectivity index (χ0n) is 14.7. The average Bonchev–Trinajstić information content (AvgIpc) is 3.49. The number of nitrogens with zero attached hydrogens (tertiary/aromatic N) is 3. The second-order valence-corrected chi connectivity index (χ2v) is 7.36. The molecule has 1 aliphatic heterocycles. The van der Waals surface area contributed by atoms with Gasteiger partial charge in [0.2, 0.25) is 0 Å². The number of morpholine rings is 1. The van der Waals surface area contributed by atoms with Gasteiger partial charge in [-0.15, -0.1) is 0 Å². The van der Waals surface area contributed by atoms with Gasteiger partial charge in [0.25, 0.3) is 0 Å². The Morgan fingerprint density at radius 3 is 2.81 bits per heavy atom. The van der Waals surface area contributed by atoms with Crippen LogP contribution in [0.1, 0.15) is 30.1 Å². The van der Waals surface area contributed by atoms with E-state index in [9.17, 15) is 0 Å².